The van der Waals surface area contributed by atoms with Crippen LogP contribution in [0.4, 0.5) is 0 Å². The quantitative estimate of drug-likeness (QED) is 0.453. The summed E-state index contributed by atoms with van der Waals surface area (Å²) in [5.41, 5.74) is 0.549. The minimum absolute atomic E-state index is 0.00325. The molecule has 1 saturated carbocycles. The third-order valence-corrected chi connectivity index (χ3v) is 6.91. The van der Waals surface area contributed by atoms with Crippen LogP contribution in [0, 0.1) is 11.8 Å². The van der Waals surface area contributed by atoms with E-state index in [1.807, 2.05) is 25.1 Å². The molecule has 4 unspecified atom stereocenters. The third kappa shape index (κ3) is 4.32. The molecule has 2 aromatic rings. The molecule has 6 heteroatoms. The Hall–Kier alpha value is -2.08. The normalized spacial score (nSPS) is 23.3. The third-order valence-electron chi connectivity index (χ3n) is 5.82. The van der Waals surface area contributed by atoms with Crippen LogP contribution >= 0.6 is 11.8 Å². The fourth-order valence-corrected chi connectivity index (χ4v) is 4.75. The molecule has 1 aliphatic rings. The van der Waals surface area contributed by atoms with Crippen LogP contribution < -0.4 is 10.9 Å². The predicted molar refractivity (Wildman–Crippen MR) is 116 cm³/mol. The Morgan fingerprint density at radius 2 is 2.14 bits per heavy atom. The Kier molecular flexibility index (Phi) is 6.60. The zero-order chi connectivity index (χ0) is 20.3. The summed E-state index contributed by atoms with van der Waals surface area (Å²) < 4.78 is 1.59. The predicted octanol–water partition coefficient (Wildman–Crippen LogP) is 4.00. The molecule has 1 fully saturated rings. The zero-order valence-corrected chi connectivity index (χ0v) is 17.7. The van der Waals surface area contributed by atoms with Crippen molar-refractivity contribution in [1.29, 1.82) is 0 Å². The van der Waals surface area contributed by atoms with Gasteiger partial charge < -0.3 is 5.32 Å². The van der Waals surface area contributed by atoms with Crippen molar-refractivity contribution in [2.45, 2.75) is 63.0 Å². The number of aromatic nitrogens is 2. The summed E-state index contributed by atoms with van der Waals surface area (Å²) in [7, 11) is 0. The number of para-hydroxylation sites is 1. The van der Waals surface area contributed by atoms with E-state index in [1.165, 1.54) is 18.2 Å². The first-order valence-corrected chi connectivity index (χ1v) is 10.9. The van der Waals surface area contributed by atoms with Gasteiger partial charge in [0.2, 0.25) is 5.91 Å². The Morgan fingerprint density at radius 1 is 1.39 bits per heavy atom. The maximum Gasteiger partial charge on any atom is 0.262 e. The fraction of sp³-hybridized carbons (Fsp3) is 0.500. The highest BCUT2D eigenvalue weighted by atomic mass is 32.2. The van der Waals surface area contributed by atoms with Crippen LogP contribution in [0.5, 0.6) is 0 Å². The summed E-state index contributed by atoms with van der Waals surface area (Å²) >= 11 is 1.33. The molecular weight excluding hydrogens is 370 g/mol. The maximum absolute atomic E-state index is 12.8. The monoisotopic (exact) mass is 399 g/mol. The maximum atomic E-state index is 12.8. The van der Waals surface area contributed by atoms with Gasteiger partial charge in [-0.2, -0.15) is 0 Å². The number of nitrogens with zero attached hydrogens (tertiary/aromatic N) is 2. The summed E-state index contributed by atoms with van der Waals surface area (Å²) in [5.74, 6) is 1.11. The van der Waals surface area contributed by atoms with Crippen LogP contribution in [-0.4, -0.2) is 26.8 Å². The lowest BCUT2D eigenvalue weighted by Crippen LogP contribution is -2.46. The number of hydrogen-bond acceptors (Lipinski definition) is 4. The molecule has 3 rings (SSSR count). The molecule has 1 N–H and O–H groups in total. The molecule has 1 aromatic carbocycles. The minimum atomic E-state index is -0.339. The zero-order valence-electron chi connectivity index (χ0n) is 16.9. The van der Waals surface area contributed by atoms with Gasteiger partial charge in [0.25, 0.3) is 5.56 Å². The van der Waals surface area contributed by atoms with Gasteiger partial charge in [0, 0.05) is 12.6 Å². The van der Waals surface area contributed by atoms with Gasteiger partial charge in [-0.1, -0.05) is 56.7 Å². The SMILES string of the molecule is C=CCn1c(SC(C)C(=O)NC2CCCC(C)C2C)nc2ccccc2c1=O. The lowest BCUT2D eigenvalue weighted by atomic mass is 9.78. The molecule has 150 valence electrons. The number of benzene rings is 1. The summed E-state index contributed by atoms with van der Waals surface area (Å²) in [6, 6.07) is 7.52. The number of amides is 1. The number of allylic oxidation sites excluding steroid dienone is 1. The Morgan fingerprint density at radius 3 is 2.89 bits per heavy atom. The molecule has 1 amide bonds. The van der Waals surface area contributed by atoms with Crippen LogP contribution in [0.1, 0.15) is 40.0 Å². The Bertz CT molecular complexity index is 924. The fourth-order valence-electron chi connectivity index (χ4n) is 3.83. The van der Waals surface area contributed by atoms with Gasteiger partial charge in [-0.15, -0.1) is 6.58 Å². The van der Waals surface area contributed by atoms with E-state index in [0.29, 0.717) is 34.4 Å². The summed E-state index contributed by atoms with van der Waals surface area (Å²) in [5, 5.41) is 4.02. The van der Waals surface area contributed by atoms with Gasteiger partial charge in [-0.05, 0) is 37.3 Å². The van der Waals surface area contributed by atoms with Crippen molar-refractivity contribution in [2.75, 3.05) is 0 Å². The number of thioether (sulfide) groups is 1. The molecule has 0 saturated heterocycles. The average Bonchev–Trinajstić information content (AvgIpc) is 2.68. The van der Waals surface area contributed by atoms with Gasteiger partial charge >= 0.3 is 0 Å². The van der Waals surface area contributed by atoms with Gasteiger partial charge in [0.1, 0.15) is 0 Å². The number of nitrogens with one attached hydrogen (secondary N) is 1. The van der Waals surface area contributed by atoms with E-state index in [4.69, 9.17) is 0 Å². The Balaban J connectivity index is 1.81. The summed E-state index contributed by atoms with van der Waals surface area (Å²) in [6.07, 6.45) is 5.09. The lowest BCUT2D eigenvalue weighted by molar-refractivity contribution is -0.121. The number of carbonyl (C=O) groups excluding carboxylic acids is 1. The molecular formula is C22H29N3O2S. The molecule has 1 aliphatic carbocycles. The molecule has 28 heavy (non-hydrogen) atoms. The van der Waals surface area contributed by atoms with Crippen LogP contribution in [0.25, 0.3) is 10.9 Å². The molecule has 0 bridgehead atoms. The van der Waals surface area contributed by atoms with Crippen molar-refractivity contribution in [2.24, 2.45) is 11.8 Å². The second-order valence-electron chi connectivity index (χ2n) is 7.76. The highest BCUT2D eigenvalue weighted by Gasteiger charge is 2.29. The number of carbonyl (C=O) groups is 1. The molecule has 0 spiro atoms. The van der Waals surface area contributed by atoms with Crippen LogP contribution in [0.2, 0.25) is 0 Å². The van der Waals surface area contributed by atoms with Crippen molar-refractivity contribution < 1.29 is 4.79 Å². The highest BCUT2D eigenvalue weighted by molar-refractivity contribution is 8.00. The molecule has 4 atom stereocenters. The first-order chi connectivity index (χ1) is 13.4. The Labute approximate surface area is 170 Å². The number of rotatable bonds is 6. The van der Waals surface area contributed by atoms with Crippen molar-refractivity contribution in [1.82, 2.24) is 14.9 Å². The number of hydrogen-bond donors (Lipinski definition) is 1. The topological polar surface area (TPSA) is 64.0 Å². The second kappa shape index (κ2) is 8.95. The van der Waals surface area contributed by atoms with Gasteiger partial charge in [0.15, 0.2) is 5.16 Å². The van der Waals surface area contributed by atoms with E-state index in [2.05, 4.69) is 30.7 Å². The van der Waals surface area contributed by atoms with E-state index in [9.17, 15) is 9.59 Å². The van der Waals surface area contributed by atoms with E-state index in [1.54, 1.807) is 16.7 Å². The first kappa shape index (κ1) is 20.6. The molecule has 0 aliphatic heterocycles. The first-order valence-electron chi connectivity index (χ1n) is 10.00. The van der Waals surface area contributed by atoms with Crippen LogP contribution in [0.15, 0.2) is 46.9 Å². The van der Waals surface area contributed by atoms with E-state index in [0.717, 1.165) is 12.8 Å². The largest absolute Gasteiger partial charge is 0.352 e. The van der Waals surface area contributed by atoms with Crippen molar-refractivity contribution >= 4 is 28.6 Å². The van der Waals surface area contributed by atoms with Crippen LogP contribution in [-0.2, 0) is 11.3 Å². The van der Waals surface area contributed by atoms with Crippen LogP contribution in [0.3, 0.4) is 0 Å². The van der Waals surface area contributed by atoms with E-state index >= 15 is 0 Å². The second-order valence-corrected chi connectivity index (χ2v) is 9.07. The summed E-state index contributed by atoms with van der Waals surface area (Å²) in [6.45, 7) is 10.5. The lowest BCUT2D eigenvalue weighted by Gasteiger charge is -2.35. The molecule has 5 nitrogen and oxygen atoms in total. The summed E-state index contributed by atoms with van der Waals surface area (Å²) in [4.78, 5) is 30.3. The standard InChI is InChI=1S/C22H29N3O2S/c1-5-13-25-21(27)17-10-6-7-11-19(17)24-22(25)28-16(4)20(26)23-18-12-8-9-14(2)15(18)3/h5-7,10-11,14-16,18H,1,8-9,12-13H2,2-4H3,(H,23,26). The average molecular weight is 400 g/mol. The van der Waals surface area contributed by atoms with E-state index < -0.39 is 0 Å². The molecule has 1 aromatic heterocycles. The van der Waals surface area contributed by atoms with E-state index in [-0.39, 0.29) is 22.8 Å². The smallest absolute Gasteiger partial charge is 0.262 e. The minimum Gasteiger partial charge on any atom is -0.352 e. The van der Waals surface area contributed by atoms with Crippen molar-refractivity contribution in [3.8, 4) is 0 Å². The van der Waals surface area contributed by atoms with Gasteiger partial charge in [-0.25, -0.2) is 4.98 Å². The van der Waals surface area contributed by atoms with Crippen molar-refractivity contribution in [3.05, 3.63) is 47.3 Å². The van der Waals surface area contributed by atoms with Gasteiger partial charge in [-0.3, -0.25) is 14.2 Å². The molecule has 0 radical (unpaired) electrons. The molecule has 1 heterocycles. The van der Waals surface area contributed by atoms with Gasteiger partial charge in [0.05, 0.1) is 16.2 Å². The van der Waals surface area contributed by atoms with Crippen molar-refractivity contribution in [3.63, 3.8) is 0 Å². The number of fused-ring (bicyclic) bond motifs is 1. The highest BCUT2D eigenvalue weighted by Crippen LogP contribution is 2.30.